The third-order valence-electron chi connectivity index (χ3n) is 6.16. The van der Waals surface area contributed by atoms with E-state index in [1.807, 2.05) is 0 Å². The number of nitrogen functional groups attached to an aromatic ring is 1. The van der Waals surface area contributed by atoms with E-state index in [0.29, 0.717) is 31.0 Å². The van der Waals surface area contributed by atoms with Crippen LogP contribution in [0.1, 0.15) is 10.4 Å². The second-order valence-corrected chi connectivity index (χ2v) is 8.12. The number of hydrogen-bond acceptors (Lipinski definition) is 6. The number of carboxylic acids is 1. The highest BCUT2D eigenvalue weighted by molar-refractivity contribution is 5.92. The summed E-state index contributed by atoms with van der Waals surface area (Å²) < 4.78 is 44.4. The molecule has 0 radical (unpaired) electrons. The molecule has 2 fully saturated rings. The number of carboxylic acid groups (broad SMARTS) is 1. The molecule has 4 N–H and O–H groups in total. The van der Waals surface area contributed by atoms with Crippen molar-refractivity contribution in [3.05, 3.63) is 57.6 Å². The summed E-state index contributed by atoms with van der Waals surface area (Å²) >= 11 is 0. The van der Waals surface area contributed by atoms with Gasteiger partial charge in [0.05, 0.1) is 16.8 Å². The van der Waals surface area contributed by atoms with Crippen LogP contribution in [-0.2, 0) is 0 Å². The summed E-state index contributed by atoms with van der Waals surface area (Å²) in [6.45, 7) is 2.73. The zero-order valence-electron chi connectivity index (χ0n) is 16.6. The molecular formula is C21H18F3N5O3. The Bertz CT molecular complexity index is 1330. The lowest BCUT2D eigenvalue weighted by atomic mass is 10.0. The molecule has 0 spiro atoms. The van der Waals surface area contributed by atoms with Gasteiger partial charge in [-0.25, -0.2) is 22.9 Å². The summed E-state index contributed by atoms with van der Waals surface area (Å²) in [4.78, 5) is 30.4. The van der Waals surface area contributed by atoms with E-state index >= 15 is 4.39 Å². The fourth-order valence-corrected chi connectivity index (χ4v) is 4.54. The fourth-order valence-electron chi connectivity index (χ4n) is 4.54. The number of aromatic nitrogens is 2. The topological polar surface area (TPSA) is 113 Å². The lowest BCUT2D eigenvalue weighted by Gasteiger charge is -2.21. The molecule has 2 aliphatic rings. The molecule has 0 aliphatic carbocycles. The van der Waals surface area contributed by atoms with Gasteiger partial charge in [-0.3, -0.25) is 9.36 Å². The molecule has 32 heavy (non-hydrogen) atoms. The number of halogens is 3. The number of nitrogens with two attached hydrogens (primary N) is 1. The van der Waals surface area contributed by atoms with Gasteiger partial charge in [0, 0.05) is 38.4 Å². The van der Waals surface area contributed by atoms with Crippen molar-refractivity contribution in [3.8, 4) is 5.69 Å². The van der Waals surface area contributed by atoms with Gasteiger partial charge in [-0.1, -0.05) is 0 Å². The van der Waals surface area contributed by atoms with Crippen molar-refractivity contribution in [3.63, 3.8) is 0 Å². The van der Waals surface area contributed by atoms with Gasteiger partial charge >= 0.3 is 5.97 Å². The first kappa shape index (κ1) is 20.3. The molecule has 8 nitrogen and oxygen atoms in total. The molecule has 2 aliphatic heterocycles. The molecule has 4 heterocycles. The van der Waals surface area contributed by atoms with E-state index in [9.17, 15) is 23.5 Å². The Hall–Kier alpha value is -3.60. The second-order valence-electron chi connectivity index (χ2n) is 8.12. The minimum Gasteiger partial charge on any atom is -0.477 e. The average Bonchev–Trinajstić information content (AvgIpc) is 3.33. The molecule has 0 saturated carbocycles. The number of pyridine rings is 2. The number of nitrogens with one attached hydrogen (secondary N) is 1. The first-order valence-corrected chi connectivity index (χ1v) is 9.94. The van der Waals surface area contributed by atoms with Crippen LogP contribution in [0, 0.1) is 29.3 Å². The third-order valence-corrected chi connectivity index (χ3v) is 6.16. The summed E-state index contributed by atoms with van der Waals surface area (Å²) in [5.74, 6) is -3.75. The Morgan fingerprint density at radius 1 is 1.09 bits per heavy atom. The maximum Gasteiger partial charge on any atom is 0.341 e. The lowest BCUT2D eigenvalue weighted by molar-refractivity contribution is 0.0695. The van der Waals surface area contributed by atoms with Crippen molar-refractivity contribution < 1.29 is 23.1 Å². The summed E-state index contributed by atoms with van der Waals surface area (Å²) in [5.41, 5.74) is 3.05. The molecule has 2 saturated heterocycles. The predicted octanol–water partition coefficient (Wildman–Crippen LogP) is 1.74. The van der Waals surface area contributed by atoms with Gasteiger partial charge < -0.3 is 21.1 Å². The van der Waals surface area contributed by atoms with Crippen LogP contribution >= 0.6 is 0 Å². The standard InChI is InChI=1S/C21H18F3N5O3/c22-13-2-14(23)17(3-16(13)25)29-8-12(21(31)32)18(30)11-1-15(24)20(27-19(11)29)28-6-9-4-26-5-10(9)7-28/h1-3,8-10,26H,4-7,25H2,(H,31,32). The van der Waals surface area contributed by atoms with E-state index < -0.39 is 34.4 Å². The first-order chi connectivity index (χ1) is 15.2. The van der Waals surface area contributed by atoms with Gasteiger partial charge in [0.1, 0.15) is 17.2 Å². The summed E-state index contributed by atoms with van der Waals surface area (Å²) in [6.07, 6.45) is 0.889. The van der Waals surface area contributed by atoms with E-state index in [4.69, 9.17) is 5.73 Å². The van der Waals surface area contributed by atoms with Crippen molar-refractivity contribution in [1.29, 1.82) is 0 Å². The van der Waals surface area contributed by atoms with Gasteiger partial charge in [0.25, 0.3) is 0 Å². The summed E-state index contributed by atoms with van der Waals surface area (Å²) in [5, 5.41) is 12.4. The average molecular weight is 445 g/mol. The number of carbonyl (C=O) groups is 1. The summed E-state index contributed by atoms with van der Waals surface area (Å²) in [6, 6.07) is 2.44. The van der Waals surface area contributed by atoms with Crippen LogP contribution in [0.5, 0.6) is 0 Å². The molecule has 2 aromatic heterocycles. The Labute approximate surface area is 179 Å². The normalized spacial score (nSPS) is 20.2. The Morgan fingerprint density at radius 3 is 2.44 bits per heavy atom. The smallest absolute Gasteiger partial charge is 0.341 e. The fraction of sp³-hybridized carbons (Fsp3) is 0.286. The summed E-state index contributed by atoms with van der Waals surface area (Å²) in [7, 11) is 0. The SMILES string of the molecule is Nc1cc(-n2cc(C(=O)O)c(=O)c3cc(F)c(N4CC5CNCC5C4)nc32)c(F)cc1F. The Morgan fingerprint density at radius 2 is 1.78 bits per heavy atom. The van der Waals surface area contributed by atoms with Crippen molar-refractivity contribution in [1.82, 2.24) is 14.9 Å². The number of nitrogens with zero attached hydrogens (tertiary/aromatic N) is 3. The highest BCUT2D eigenvalue weighted by atomic mass is 19.1. The Balaban J connectivity index is 1.77. The maximum absolute atomic E-state index is 15.0. The molecule has 2 unspecified atom stereocenters. The minimum absolute atomic E-state index is 0.0152. The van der Waals surface area contributed by atoms with E-state index in [1.165, 1.54) is 0 Å². The van der Waals surface area contributed by atoms with Crippen LogP contribution in [0.2, 0.25) is 0 Å². The van der Waals surface area contributed by atoms with Crippen LogP contribution < -0.4 is 21.4 Å². The highest BCUT2D eigenvalue weighted by Gasteiger charge is 2.37. The van der Waals surface area contributed by atoms with Crippen molar-refractivity contribution >= 4 is 28.5 Å². The molecule has 0 amide bonds. The van der Waals surface area contributed by atoms with Crippen molar-refractivity contribution in [2.75, 3.05) is 36.8 Å². The number of hydrogen-bond donors (Lipinski definition) is 3. The second kappa shape index (κ2) is 7.23. The molecule has 11 heteroatoms. The van der Waals surface area contributed by atoms with Crippen LogP contribution in [0.25, 0.3) is 16.7 Å². The molecule has 1 aromatic carbocycles. The quantitative estimate of drug-likeness (QED) is 0.527. The van der Waals surface area contributed by atoms with Gasteiger partial charge in [0.15, 0.2) is 17.3 Å². The zero-order valence-corrected chi connectivity index (χ0v) is 16.6. The van der Waals surface area contributed by atoms with E-state index in [2.05, 4.69) is 10.3 Å². The molecular weight excluding hydrogens is 427 g/mol. The molecule has 0 bridgehead atoms. The number of aromatic carboxylic acids is 1. The number of rotatable bonds is 3. The van der Waals surface area contributed by atoms with Gasteiger partial charge in [-0.15, -0.1) is 0 Å². The van der Waals surface area contributed by atoms with E-state index in [1.54, 1.807) is 4.90 Å². The van der Waals surface area contributed by atoms with E-state index in [0.717, 1.165) is 36.0 Å². The van der Waals surface area contributed by atoms with Gasteiger partial charge in [-0.05, 0) is 24.0 Å². The van der Waals surface area contributed by atoms with Crippen LogP contribution in [0.15, 0.2) is 29.2 Å². The van der Waals surface area contributed by atoms with Crippen LogP contribution in [-0.4, -0.2) is 46.8 Å². The van der Waals surface area contributed by atoms with Gasteiger partial charge in [-0.2, -0.15) is 0 Å². The number of anilines is 2. The lowest BCUT2D eigenvalue weighted by Crippen LogP contribution is -2.28. The molecule has 5 rings (SSSR count). The van der Waals surface area contributed by atoms with Crippen LogP contribution in [0.4, 0.5) is 24.7 Å². The highest BCUT2D eigenvalue weighted by Crippen LogP contribution is 2.32. The van der Waals surface area contributed by atoms with Crippen LogP contribution in [0.3, 0.4) is 0 Å². The monoisotopic (exact) mass is 445 g/mol. The zero-order chi connectivity index (χ0) is 22.7. The largest absolute Gasteiger partial charge is 0.477 e. The molecule has 3 aromatic rings. The number of benzene rings is 1. The van der Waals surface area contributed by atoms with Crippen molar-refractivity contribution in [2.45, 2.75) is 0 Å². The van der Waals surface area contributed by atoms with Crippen molar-refractivity contribution in [2.24, 2.45) is 11.8 Å². The third kappa shape index (κ3) is 3.08. The van der Waals surface area contributed by atoms with Gasteiger partial charge in [0.2, 0.25) is 5.43 Å². The maximum atomic E-state index is 15.0. The molecule has 2 atom stereocenters. The van der Waals surface area contributed by atoms with E-state index in [-0.39, 0.29) is 28.2 Å². The molecule has 166 valence electrons. The first-order valence-electron chi connectivity index (χ1n) is 9.94. The predicted molar refractivity (Wildman–Crippen MR) is 111 cm³/mol. The number of fused-ring (bicyclic) bond motifs is 2. The Kier molecular flexibility index (Phi) is 4.59. The minimum atomic E-state index is -1.58.